The van der Waals surface area contributed by atoms with Gasteiger partial charge in [-0.25, -0.2) is 0 Å². The predicted molar refractivity (Wildman–Crippen MR) is 51.7 cm³/mol. The van der Waals surface area contributed by atoms with Crippen LogP contribution in [0.5, 0.6) is 0 Å². The van der Waals surface area contributed by atoms with E-state index in [-0.39, 0.29) is 0 Å². The van der Waals surface area contributed by atoms with E-state index in [0.29, 0.717) is 11.7 Å². The van der Waals surface area contributed by atoms with E-state index in [1.54, 1.807) is 0 Å². The van der Waals surface area contributed by atoms with Crippen molar-refractivity contribution in [2.75, 3.05) is 26.3 Å². The zero-order valence-corrected chi connectivity index (χ0v) is 8.34. The quantitative estimate of drug-likeness (QED) is 0.611. The van der Waals surface area contributed by atoms with Gasteiger partial charge in [0.2, 0.25) is 0 Å². The molecule has 76 valence electrons. The third-order valence-corrected chi connectivity index (χ3v) is 2.46. The van der Waals surface area contributed by atoms with Gasteiger partial charge in [-0.3, -0.25) is 4.79 Å². The lowest BCUT2D eigenvalue weighted by Crippen LogP contribution is -2.30. The molecule has 3 nitrogen and oxygen atoms in total. The highest BCUT2D eigenvalue weighted by Gasteiger charge is 2.18. The second kappa shape index (κ2) is 6.11. The fourth-order valence-corrected chi connectivity index (χ4v) is 1.51. The molecule has 1 aliphatic carbocycles. The Morgan fingerprint density at radius 3 is 2.23 bits per heavy atom. The predicted octanol–water partition coefficient (Wildman–Crippen LogP) is 0.982. The van der Waals surface area contributed by atoms with Gasteiger partial charge in [0.25, 0.3) is 0 Å². The summed E-state index contributed by atoms with van der Waals surface area (Å²) in [6, 6.07) is 0. The Labute approximate surface area is 79.8 Å². The molecule has 0 aromatic heterocycles. The third kappa shape index (κ3) is 4.39. The Hall–Kier alpha value is -0.410. The molecule has 0 aromatic rings. The molecule has 0 amide bonds. The van der Waals surface area contributed by atoms with E-state index in [9.17, 15) is 4.79 Å². The van der Waals surface area contributed by atoms with Crippen molar-refractivity contribution in [3.05, 3.63) is 0 Å². The molecular weight excluding hydrogens is 166 g/mol. The lowest BCUT2D eigenvalue weighted by molar-refractivity contribution is -0.120. The molecule has 2 fully saturated rings. The summed E-state index contributed by atoms with van der Waals surface area (Å²) in [5.74, 6) is 0.833. The molecule has 0 spiro atoms. The summed E-state index contributed by atoms with van der Waals surface area (Å²) >= 11 is 0. The Morgan fingerprint density at radius 1 is 1.38 bits per heavy atom. The van der Waals surface area contributed by atoms with Crippen LogP contribution in [0, 0.1) is 5.92 Å². The van der Waals surface area contributed by atoms with Gasteiger partial charge in [-0.15, -0.1) is 0 Å². The van der Waals surface area contributed by atoms with Crippen molar-refractivity contribution >= 4 is 5.78 Å². The molecule has 0 radical (unpaired) electrons. The minimum atomic E-state index is 0.375. The first-order chi connectivity index (χ1) is 6.30. The summed E-state index contributed by atoms with van der Waals surface area (Å²) in [6.45, 7) is 5.84. The van der Waals surface area contributed by atoms with Crippen LogP contribution < -0.4 is 5.32 Å². The number of rotatable bonds is 0. The lowest BCUT2D eigenvalue weighted by atomic mass is 10.1. The van der Waals surface area contributed by atoms with Gasteiger partial charge in [-0.1, -0.05) is 6.92 Å². The molecule has 1 N–H and O–H groups in total. The second-order valence-corrected chi connectivity index (χ2v) is 3.62. The zero-order chi connectivity index (χ0) is 9.52. The first kappa shape index (κ1) is 10.7. The third-order valence-electron chi connectivity index (χ3n) is 2.46. The lowest BCUT2D eigenvalue weighted by Gasteiger charge is -2.10. The van der Waals surface area contributed by atoms with E-state index in [4.69, 9.17) is 4.74 Å². The van der Waals surface area contributed by atoms with Gasteiger partial charge in [0, 0.05) is 25.4 Å². The van der Waals surface area contributed by atoms with Crippen molar-refractivity contribution in [2.24, 2.45) is 5.92 Å². The smallest absolute Gasteiger partial charge is 0.135 e. The number of carbonyl (C=O) groups excluding carboxylic acids is 1. The summed E-state index contributed by atoms with van der Waals surface area (Å²) in [4.78, 5) is 10.6. The fraction of sp³-hybridized carbons (Fsp3) is 0.900. The van der Waals surface area contributed by atoms with Gasteiger partial charge in [-0.05, 0) is 12.8 Å². The minimum Gasteiger partial charge on any atom is -0.379 e. The molecule has 0 bridgehead atoms. The van der Waals surface area contributed by atoms with Gasteiger partial charge >= 0.3 is 0 Å². The Kier molecular flexibility index (Phi) is 5.01. The fourth-order valence-electron chi connectivity index (χ4n) is 1.51. The maximum absolute atomic E-state index is 10.6. The molecule has 1 saturated heterocycles. The summed E-state index contributed by atoms with van der Waals surface area (Å²) in [7, 11) is 0. The maximum Gasteiger partial charge on any atom is 0.135 e. The summed E-state index contributed by atoms with van der Waals surface area (Å²) in [5, 5.41) is 3.16. The number of nitrogens with one attached hydrogen (secondary N) is 1. The van der Waals surface area contributed by atoms with E-state index >= 15 is 0 Å². The summed E-state index contributed by atoms with van der Waals surface area (Å²) in [6.07, 6.45) is 3.08. The van der Waals surface area contributed by atoms with Crippen LogP contribution in [0.2, 0.25) is 0 Å². The van der Waals surface area contributed by atoms with Crippen LogP contribution in [-0.2, 0) is 9.53 Å². The van der Waals surface area contributed by atoms with Gasteiger partial charge in [-0.2, -0.15) is 0 Å². The second-order valence-electron chi connectivity index (χ2n) is 3.62. The van der Waals surface area contributed by atoms with Gasteiger partial charge in [0.05, 0.1) is 13.2 Å². The monoisotopic (exact) mass is 185 g/mol. The number of hydrogen-bond donors (Lipinski definition) is 1. The van der Waals surface area contributed by atoms with Crippen molar-refractivity contribution in [1.82, 2.24) is 5.32 Å². The van der Waals surface area contributed by atoms with E-state index < -0.39 is 0 Å². The van der Waals surface area contributed by atoms with Crippen molar-refractivity contribution in [3.63, 3.8) is 0 Å². The topological polar surface area (TPSA) is 38.3 Å². The highest BCUT2D eigenvalue weighted by atomic mass is 16.5. The summed E-state index contributed by atoms with van der Waals surface area (Å²) < 4.78 is 5.01. The Morgan fingerprint density at radius 2 is 2.08 bits per heavy atom. The van der Waals surface area contributed by atoms with Crippen molar-refractivity contribution in [1.29, 1.82) is 0 Å². The van der Waals surface area contributed by atoms with Gasteiger partial charge < -0.3 is 10.1 Å². The maximum atomic E-state index is 10.6. The van der Waals surface area contributed by atoms with Crippen LogP contribution >= 0.6 is 0 Å². The van der Waals surface area contributed by atoms with Crippen LogP contribution in [0.25, 0.3) is 0 Å². The highest BCUT2D eigenvalue weighted by molar-refractivity contribution is 5.82. The van der Waals surface area contributed by atoms with E-state index in [2.05, 4.69) is 5.32 Å². The summed E-state index contributed by atoms with van der Waals surface area (Å²) in [5.41, 5.74) is 0. The van der Waals surface area contributed by atoms with Crippen LogP contribution in [0.4, 0.5) is 0 Å². The van der Waals surface area contributed by atoms with Crippen LogP contribution in [0.3, 0.4) is 0 Å². The number of ether oxygens (including phenoxy) is 1. The highest BCUT2D eigenvalue weighted by Crippen LogP contribution is 2.19. The molecule has 1 heterocycles. The molecule has 1 aliphatic heterocycles. The number of hydrogen-bond acceptors (Lipinski definition) is 3. The van der Waals surface area contributed by atoms with E-state index in [0.717, 1.165) is 45.6 Å². The molecular formula is C10H19NO2. The van der Waals surface area contributed by atoms with E-state index in [1.165, 1.54) is 0 Å². The first-order valence-corrected chi connectivity index (χ1v) is 5.12. The zero-order valence-electron chi connectivity index (χ0n) is 8.34. The average molecular weight is 185 g/mol. The number of ketones is 1. The van der Waals surface area contributed by atoms with Crippen molar-refractivity contribution < 1.29 is 9.53 Å². The molecule has 0 aromatic carbocycles. The average Bonchev–Trinajstić information content (AvgIpc) is 2.55. The molecule has 1 atom stereocenters. The molecule has 2 rings (SSSR count). The Bertz CT molecular complexity index is 143. The van der Waals surface area contributed by atoms with Crippen LogP contribution in [0.1, 0.15) is 26.2 Å². The number of carbonyl (C=O) groups is 1. The molecule has 1 saturated carbocycles. The molecule has 2 aliphatic rings. The first-order valence-electron chi connectivity index (χ1n) is 5.12. The standard InChI is InChI=1S/C6H10O.C4H9NO/c1-5-3-2-4-6(5)7;1-3-6-4-2-5-1/h5H,2-4H2,1H3;5H,1-4H2. The van der Waals surface area contributed by atoms with Crippen molar-refractivity contribution in [3.8, 4) is 0 Å². The number of Topliss-reactive ketones (excluding diaryl/α,β-unsaturated/α-hetero) is 1. The Balaban J connectivity index is 0.000000132. The minimum absolute atomic E-state index is 0.375. The number of morpholine rings is 1. The van der Waals surface area contributed by atoms with Crippen LogP contribution in [0.15, 0.2) is 0 Å². The molecule has 13 heavy (non-hydrogen) atoms. The van der Waals surface area contributed by atoms with Crippen molar-refractivity contribution in [2.45, 2.75) is 26.2 Å². The molecule has 1 unspecified atom stereocenters. The molecule has 3 heteroatoms. The van der Waals surface area contributed by atoms with E-state index in [1.807, 2.05) is 6.92 Å². The SMILES string of the molecule is C1COCCN1.CC1CCCC1=O. The van der Waals surface area contributed by atoms with Crippen LogP contribution in [-0.4, -0.2) is 32.1 Å². The normalized spacial score (nSPS) is 28.1. The van der Waals surface area contributed by atoms with Gasteiger partial charge in [0.15, 0.2) is 0 Å². The largest absolute Gasteiger partial charge is 0.379 e. The van der Waals surface area contributed by atoms with Gasteiger partial charge in [0.1, 0.15) is 5.78 Å².